The molecule has 0 aromatic heterocycles. The van der Waals surface area contributed by atoms with Gasteiger partial charge in [-0.15, -0.1) is 0 Å². The van der Waals surface area contributed by atoms with Crippen LogP contribution in [0.3, 0.4) is 0 Å². The van der Waals surface area contributed by atoms with Gasteiger partial charge in [0.25, 0.3) is 0 Å². The van der Waals surface area contributed by atoms with Crippen LogP contribution in [-0.4, -0.2) is 30.6 Å². The van der Waals surface area contributed by atoms with E-state index in [1.54, 1.807) is 0 Å². The first-order valence-corrected chi connectivity index (χ1v) is 7.08. The Labute approximate surface area is 117 Å². The number of nitrogens with one attached hydrogen (secondary N) is 1. The predicted molar refractivity (Wildman–Crippen MR) is 79.6 cm³/mol. The van der Waals surface area contributed by atoms with E-state index in [1.165, 1.54) is 12.1 Å². The van der Waals surface area contributed by atoms with Gasteiger partial charge in [-0.3, -0.25) is 4.90 Å². The second kappa shape index (κ2) is 7.61. The van der Waals surface area contributed by atoms with Crippen LogP contribution in [0.25, 0.3) is 0 Å². The first kappa shape index (κ1) is 16.1. The quantitative estimate of drug-likeness (QED) is 0.815. The molecule has 0 aliphatic heterocycles. The van der Waals surface area contributed by atoms with Crippen LogP contribution in [0.5, 0.6) is 0 Å². The standard InChI is InChI=1S/C16H27FN2/c1-12(2)18-10-13(3)14(4)19(5)11-15-6-8-16(17)9-7-15/h6-9,12-14,18H,10-11H2,1-5H3. The molecule has 1 N–H and O–H groups in total. The van der Waals surface area contributed by atoms with Gasteiger partial charge in [-0.2, -0.15) is 0 Å². The summed E-state index contributed by atoms with van der Waals surface area (Å²) in [7, 11) is 2.12. The molecule has 2 unspecified atom stereocenters. The van der Waals surface area contributed by atoms with Crippen molar-refractivity contribution in [1.29, 1.82) is 0 Å². The zero-order valence-corrected chi connectivity index (χ0v) is 12.8. The molecule has 1 rings (SSSR count). The minimum Gasteiger partial charge on any atom is -0.314 e. The van der Waals surface area contributed by atoms with E-state index < -0.39 is 0 Å². The molecule has 0 spiro atoms. The average molecular weight is 266 g/mol. The molecule has 19 heavy (non-hydrogen) atoms. The number of benzene rings is 1. The minimum absolute atomic E-state index is 0.172. The summed E-state index contributed by atoms with van der Waals surface area (Å²) < 4.78 is 12.9. The highest BCUT2D eigenvalue weighted by atomic mass is 19.1. The maximum absolute atomic E-state index is 12.9. The van der Waals surface area contributed by atoms with Gasteiger partial charge in [0.05, 0.1) is 0 Å². The van der Waals surface area contributed by atoms with E-state index in [4.69, 9.17) is 0 Å². The maximum atomic E-state index is 12.9. The highest BCUT2D eigenvalue weighted by Crippen LogP contribution is 2.13. The van der Waals surface area contributed by atoms with E-state index in [9.17, 15) is 4.39 Å². The van der Waals surface area contributed by atoms with Gasteiger partial charge in [-0.25, -0.2) is 4.39 Å². The fraction of sp³-hybridized carbons (Fsp3) is 0.625. The van der Waals surface area contributed by atoms with E-state index >= 15 is 0 Å². The van der Waals surface area contributed by atoms with E-state index in [-0.39, 0.29) is 5.82 Å². The third-order valence-corrected chi connectivity index (χ3v) is 3.71. The largest absolute Gasteiger partial charge is 0.314 e. The summed E-state index contributed by atoms with van der Waals surface area (Å²) in [5.41, 5.74) is 1.15. The van der Waals surface area contributed by atoms with E-state index in [1.807, 2.05) is 12.1 Å². The molecule has 1 aromatic rings. The van der Waals surface area contributed by atoms with Crippen molar-refractivity contribution in [3.8, 4) is 0 Å². The third-order valence-electron chi connectivity index (χ3n) is 3.71. The number of hydrogen-bond acceptors (Lipinski definition) is 2. The Morgan fingerprint density at radius 2 is 1.68 bits per heavy atom. The zero-order chi connectivity index (χ0) is 14.4. The summed E-state index contributed by atoms with van der Waals surface area (Å²) in [6.07, 6.45) is 0. The fourth-order valence-electron chi connectivity index (χ4n) is 2.05. The molecule has 1 aromatic carbocycles. The topological polar surface area (TPSA) is 15.3 Å². The molecule has 0 aliphatic carbocycles. The summed E-state index contributed by atoms with van der Waals surface area (Å²) in [5.74, 6) is 0.404. The minimum atomic E-state index is -0.172. The lowest BCUT2D eigenvalue weighted by Gasteiger charge is -2.30. The van der Waals surface area contributed by atoms with Crippen LogP contribution in [0.15, 0.2) is 24.3 Å². The molecule has 3 heteroatoms. The third kappa shape index (κ3) is 5.70. The summed E-state index contributed by atoms with van der Waals surface area (Å²) in [6, 6.07) is 7.77. The van der Waals surface area contributed by atoms with Crippen molar-refractivity contribution in [2.75, 3.05) is 13.6 Å². The van der Waals surface area contributed by atoms with Crippen molar-refractivity contribution in [2.45, 2.75) is 46.3 Å². The van der Waals surface area contributed by atoms with Gasteiger partial charge in [0.15, 0.2) is 0 Å². The molecular formula is C16H27FN2. The highest BCUT2D eigenvalue weighted by molar-refractivity contribution is 5.15. The summed E-state index contributed by atoms with van der Waals surface area (Å²) >= 11 is 0. The van der Waals surface area contributed by atoms with Crippen molar-refractivity contribution in [3.05, 3.63) is 35.6 Å². The van der Waals surface area contributed by atoms with Crippen molar-refractivity contribution >= 4 is 0 Å². The van der Waals surface area contributed by atoms with Crippen LogP contribution in [0.1, 0.15) is 33.3 Å². The first-order valence-electron chi connectivity index (χ1n) is 7.08. The Hall–Kier alpha value is -0.930. The molecule has 0 bridgehead atoms. The van der Waals surface area contributed by atoms with Gasteiger partial charge in [0, 0.05) is 18.6 Å². The highest BCUT2D eigenvalue weighted by Gasteiger charge is 2.17. The number of rotatable bonds is 7. The second-order valence-electron chi connectivity index (χ2n) is 5.82. The van der Waals surface area contributed by atoms with E-state index in [0.29, 0.717) is 18.0 Å². The lowest BCUT2D eigenvalue weighted by Crippen LogP contribution is -2.40. The zero-order valence-electron chi connectivity index (χ0n) is 12.8. The van der Waals surface area contributed by atoms with Crippen LogP contribution >= 0.6 is 0 Å². The van der Waals surface area contributed by atoms with Crippen LogP contribution in [-0.2, 0) is 6.54 Å². The smallest absolute Gasteiger partial charge is 0.123 e. The molecule has 2 atom stereocenters. The second-order valence-corrected chi connectivity index (χ2v) is 5.82. The number of nitrogens with zero attached hydrogens (tertiary/aromatic N) is 1. The van der Waals surface area contributed by atoms with Gasteiger partial charge < -0.3 is 5.32 Å². The van der Waals surface area contributed by atoms with E-state index in [2.05, 4.69) is 45.0 Å². The van der Waals surface area contributed by atoms with Gasteiger partial charge in [0.2, 0.25) is 0 Å². The molecule has 0 saturated heterocycles. The average Bonchev–Trinajstić information content (AvgIpc) is 2.37. The fourth-order valence-corrected chi connectivity index (χ4v) is 2.05. The molecule has 0 amide bonds. The summed E-state index contributed by atoms with van der Waals surface area (Å²) in [4.78, 5) is 2.32. The van der Waals surface area contributed by atoms with Gasteiger partial charge >= 0.3 is 0 Å². The molecule has 2 nitrogen and oxygen atoms in total. The number of halogens is 1. The lowest BCUT2D eigenvalue weighted by atomic mass is 10.0. The molecule has 0 heterocycles. The Bertz CT molecular complexity index is 362. The Morgan fingerprint density at radius 1 is 1.11 bits per heavy atom. The van der Waals surface area contributed by atoms with Crippen molar-refractivity contribution in [1.82, 2.24) is 10.2 Å². The molecule has 0 saturated carbocycles. The molecule has 0 aliphatic rings. The Kier molecular flexibility index (Phi) is 6.46. The van der Waals surface area contributed by atoms with Crippen molar-refractivity contribution in [2.24, 2.45) is 5.92 Å². The van der Waals surface area contributed by atoms with E-state index in [0.717, 1.165) is 18.7 Å². The summed E-state index contributed by atoms with van der Waals surface area (Å²) in [6.45, 7) is 10.7. The van der Waals surface area contributed by atoms with Crippen molar-refractivity contribution in [3.63, 3.8) is 0 Å². The molecule has 0 fully saturated rings. The Morgan fingerprint density at radius 3 is 2.21 bits per heavy atom. The molecule has 0 radical (unpaired) electrons. The van der Waals surface area contributed by atoms with Crippen LogP contribution in [0.4, 0.5) is 4.39 Å². The molecule has 108 valence electrons. The van der Waals surface area contributed by atoms with Gasteiger partial charge in [-0.05, 0) is 44.1 Å². The maximum Gasteiger partial charge on any atom is 0.123 e. The normalized spacial score (nSPS) is 14.9. The molecular weight excluding hydrogens is 239 g/mol. The van der Waals surface area contributed by atoms with Crippen LogP contribution in [0.2, 0.25) is 0 Å². The van der Waals surface area contributed by atoms with Gasteiger partial charge in [0.1, 0.15) is 5.82 Å². The lowest BCUT2D eigenvalue weighted by molar-refractivity contribution is 0.187. The van der Waals surface area contributed by atoms with Gasteiger partial charge in [-0.1, -0.05) is 32.9 Å². The van der Waals surface area contributed by atoms with Crippen LogP contribution in [0, 0.1) is 11.7 Å². The predicted octanol–water partition coefficient (Wildman–Crippen LogP) is 3.28. The Balaban J connectivity index is 2.47. The summed E-state index contributed by atoms with van der Waals surface area (Å²) in [5, 5.41) is 3.48. The van der Waals surface area contributed by atoms with Crippen LogP contribution < -0.4 is 5.32 Å². The van der Waals surface area contributed by atoms with Crippen molar-refractivity contribution < 1.29 is 4.39 Å². The number of hydrogen-bond donors (Lipinski definition) is 1. The first-order chi connectivity index (χ1) is 8.90. The monoisotopic (exact) mass is 266 g/mol. The SMILES string of the molecule is CC(C)NCC(C)C(C)N(C)Cc1ccc(F)cc1.